The van der Waals surface area contributed by atoms with Gasteiger partial charge in [0.05, 0.1) is 0 Å². The SMILES string of the molecule is CC(C)NC(=O)c1csc(-c2cccc(OCc3cccc(Cl)c3)c2)n1. The smallest absolute Gasteiger partial charge is 0.270 e. The number of benzene rings is 2. The first-order chi connectivity index (χ1) is 12.5. The Balaban J connectivity index is 1.71. The zero-order chi connectivity index (χ0) is 18.5. The molecule has 26 heavy (non-hydrogen) atoms. The van der Waals surface area contributed by atoms with Gasteiger partial charge in [-0.1, -0.05) is 35.9 Å². The maximum Gasteiger partial charge on any atom is 0.270 e. The molecule has 0 radical (unpaired) electrons. The van der Waals surface area contributed by atoms with Gasteiger partial charge in [0, 0.05) is 22.0 Å². The van der Waals surface area contributed by atoms with Crippen molar-refractivity contribution in [3.8, 4) is 16.3 Å². The molecule has 1 amide bonds. The average molecular weight is 387 g/mol. The Morgan fingerprint density at radius 1 is 1.23 bits per heavy atom. The average Bonchev–Trinajstić information content (AvgIpc) is 3.10. The number of rotatable bonds is 6. The van der Waals surface area contributed by atoms with Crippen LogP contribution in [0.4, 0.5) is 0 Å². The van der Waals surface area contributed by atoms with Crippen molar-refractivity contribution < 1.29 is 9.53 Å². The van der Waals surface area contributed by atoms with Gasteiger partial charge < -0.3 is 10.1 Å². The van der Waals surface area contributed by atoms with Crippen LogP contribution >= 0.6 is 22.9 Å². The third kappa shape index (κ3) is 4.84. The number of thiazole rings is 1. The van der Waals surface area contributed by atoms with E-state index in [-0.39, 0.29) is 11.9 Å². The molecule has 2 aromatic carbocycles. The number of hydrogen-bond donors (Lipinski definition) is 1. The molecule has 4 nitrogen and oxygen atoms in total. The standard InChI is InChI=1S/C20H19ClN2O2S/c1-13(2)22-19(24)18-12-26-20(23-18)15-6-4-8-17(10-15)25-11-14-5-3-7-16(21)9-14/h3-10,12-13H,11H2,1-2H3,(H,22,24). The van der Waals surface area contributed by atoms with Crippen molar-refractivity contribution in [2.45, 2.75) is 26.5 Å². The van der Waals surface area contributed by atoms with Gasteiger partial charge in [-0.05, 0) is 43.7 Å². The van der Waals surface area contributed by atoms with Crippen LogP contribution in [0, 0.1) is 0 Å². The molecule has 3 rings (SSSR count). The first-order valence-electron chi connectivity index (χ1n) is 8.25. The summed E-state index contributed by atoms with van der Waals surface area (Å²) >= 11 is 7.43. The van der Waals surface area contributed by atoms with Crippen molar-refractivity contribution in [3.05, 3.63) is 70.2 Å². The largest absolute Gasteiger partial charge is 0.489 e. The monoisotopic (exact) mass is 386 g/mol. The van der Waals surface area contributed by atoms with E-state index in [0.29, 0.717) is 17.3 Å². The van der Waals surface area contributed by atoms with Gasteiger partial charge in [0.2, 0.25) is 0 Å². The molecule has 0 aliphatic carbocycles. The summed E-state index contributed by atoms with van der Waals surface area (Å²) in [6.45, 7) is 4.28. The minimum Gasteiger partial charge on any atom is -0.489 e. The minimum atomic E-state index is -0.157. The van der Waals surface area contributed by atoms with Crippen LogP contribution in [0.3, 0.4) is 0 Å². The number of halogens is 1. The summed E-state index contributed by atoms with van der Waals surface area (Å²) < 4.78 is 5.86. The third-order valence-corrected chi connectivity index (χ3v) is 4.66. The number of nitrogens with one attached hydrogen (secondary N) is 1. The third-order valence-electron chi connectivity index (χ3n) is 3.53. The molecule has 0 saturated carbocycles. The summed E-state index contributed by atoms with van der Waals surface area (Å²) in [5.41, 5.74) is 2.36. The van der Waals surface area contributed by atoms with E-state index >= 15 is 0 Å². The van der Waals surface area contributed by atoms with Crippen LogP contribution in [0.1, 0.15) is 29.9 Å². The number of nitrogens with zero attached hydrogens (tertiary/aromatic N) is 1. The van der Waals surface area contributed by atoms with E-state index in [0.717, 1.165) is 21.9 Å². The molecule has 0 fully saturated rings. The molecule has 0 unspecified atom stereocenters. The first kappa shape index (κ1) is 18.4. The molecule has 3 aromatic rings. The van der Waals surface area contributed by atoms with Gasteiger partial charge in [0.15, 0.2) is 0 Å². The first-order valence-corrected chi connectivity index (χ1v) is 9.51. The molecule has 0 bridgehead atoms. The Hall–Kier alpha value is -2.37. The second kappa shape index (κ2) is 8.34. The Labute approximate surface area is 161 Å². The minimum absolute atomic E-state index is 0.0795. The molecular weight excluding hydrogens is 368 g/mol. The molecule has 1 heterocycles. The van der Waals surface area contributed by atoms with Crippen molar-refractivity contribution in [3.63, 3.8) is 0 Å². The second-order valence-corrected chi connectivity index (χ2v) is 7.41. The molecule has 0 saturated heterocycles. The van der Waals surface area contributed by atoms with Gasteiger partial charge in [-0.2, -0.15) is 0 Å². The fourth-order valence-corrected chi connectivity index (χ4v) is 3.37. The highest BCUT2D eigenvalue weighted by atomic mass is 35.5. The summed E-state index contributed by atoms with van der Waals surface area (Å²) in [5, 5.41) is 6.09. The summed E-state index contributed by atoms with van der Waals surface area (Å²) in [6.07, 6.45) is 0. The van der Waals surface area contributed by atoms with Gasteiger partial charge >= 0.3 is 0 Å². The van der Waals surface area contributed by atoms with Crippen LogP contribution in [-0.4, -0.2) is 16.9 Å². The molecular formula is C20H19ClN2O2S. The fraction of sp³-hybridized carbons (Fsp3) is 0.200. The van der Waals surface area contributed by atoms with Crippen LogP contribution in [0.5, 0.6) is 5.75 Å². The van der Waals surface area contributed by atoms with Gasteiger partial charge in [-0.25, -0.2) is 4.98 Å². The maximum atomic E-state index is 12.1. The Morgan fingerprint density at radius 3 is 2.81 bits per heavy atom. The Morgan fingerprint density at radius 2 is 2.04 bits per heavy atom. The Kier molecular flexibility index (Phi) is 5.91. The lowest BCUT2D eigenvalue weighted by Gasteiger charge is -2.08. The van der Waals surface area contributed by atoms with E-state index in [1.54, 1.807) is 5.38 Å². The van der Waals surface area contributed by atoms with E-state index in [1.165, 1.54) is 11.3 Å². The van der Waals surface area contributed by atoms with Crippen LogP contribution in [0.25, 0.3) is 10.6 Å². The van der Waals surface area contributed by atoms with E-state index in [1.807, 2.05) is 62.4 Å². The van der Waals surface area contributed by atoms with E-state index in [4.69, 9.17) is 16.3 Å². The molecule has 134 valence electrons. The lowest BCUT2D eigenvalue weighted by atomic mass is 10.2. The van der Waals surface area contributed by atoms with Crippen molar-refractivity contribution in [1.82, 2.24) is 10.3 Å². The predicted octanol–water partition coefficient (Wildman–Crippen LogP) is 5.18. The predicted molar refractivity (Wildman–Crippen MR) is 106 cm³/mol. The fourth-order valence-electron chi connectivity index (χ4n) is 2.36. The van der Waals surface area contributed by atoms with Gasteiger partial charge in [-0.3, -0.25) is 4.79 Å². The highest BCUT2D eigenvalue weighted by Gasteiger charge is 2.13. The second-order valence-electron chi connectivity index (χ2n) is 6.11. The number of carbonyl (C=O) groups excluding carboxylic acids is 1. The lowest BCUT2D eigenvalue weighted by Crippen LogP contribution is -2.30. The van der Waals surface area contributed by atoms with Gasteiger partial charge in [0.25, 0.3) is 5.91 Å². The summed E-state index contributed by atoms with van der Waals surface area (Å²) in [7, 11) is 0. The number of carbonyl (C=O) groups is 1. The maximum absolute atomic E-state index is 12.1. The topological polar surface area (TPSA) is 51.2 Å². The molecule has 0 atom stereocenters. The van der Waals surface area contributed by atoms with Gasteiger partial charge in [0.1, 0.15) is 23.1 Å². The van der Waals surface area contributed by atoms with Crippen molar-refractivity contribution in [1.29, 1.82) is 0 Å². The van der Waals surface area contributed by atoms with Crippen LogP contribution in [0.15, 0.2) is 53.9 Å². The molecule has 1 N–H and O–H groups in total. The summed E-state index contributed by atoms with van der Waals surface area (Å²) in [5.74, 6) is 0.585. The van der Waals surface area contributed by atoms with Crippen LogP contribution in [0.2, 0.25) is 5.02 Å². The molecule has 0 aliphatic heterocycles. The number of aromatic nitrogens is 1. The van der Waals surface area contributed by atoms with Gasteiger partial charge in [-0.15, -0.1) is 11.3 Å². The van der Waals surface area contributed by atoms with Crippen LogP contribution in [-0.2, 0) is 6.61 Å². The van der Waals surface area contributed by atoms with Crippen molar-refractivity contribution >= 4 is 28.8 Å². The summed E-state index contributed by atoms with van der Waals surface area (Å²) in [4.78, 5) is 16.5. The normalized spacial score (nSPS) is 10.8. The lowest BCUT2D eigenvalue weighted by molar-refractivity contribution is 0.0939. The zero-order valence-electron chi connectivity index (χ0n) is 14.5. The Bertz CT molecular complexity index is 908. The molecule has 1 aromatic heterocycles. The van der Waals surface area contributed by atoms with Crippen molar-refractivity contribution in [2.75, 3.05) is 0 Å². The van der Waals surface area contributed by atoms with E-state index in [9.17, 15) is 4.79 Å². The number of amides is 1. The molecule has 0 aliphatic rings. The summed E-state index contributed by atoms with van der Waals surface area (Å²) in [6, 6.07) is 15.4. The quantitative estimate of drug-likeness (QED) is 0.635. The number of hydrogen-bond acceptors (Lipinski definition) is 4. The van der Waals surface area contributed by atoms with Crippen molar-refractivity contribution in [2.24, 2.45) is 0 Å². The van der Waals surface area contributed by atoms with E-state index < -0.39 is 0 Å². The molecule has 0 spiro atoms. The highest BCUT2D eigenvalue weighted by Crippen LogP contribution is 2.27. The molecule has 6 heteroatoms. The highest BCUT2D eigenvalue weighted by molar-refractivity contribution is 7.13. The number of ether oxygens (including phenoxy) is 1. The van der Waals surface area contributed by atoms with Crippen LogP contribution < -0.4 is 10.1 Å². The van der Waals surface area contributed by atoms with E-state index in [2.05, 4.69) is 10.3 Å². The zero-order valence-corrected chi connectivity index (χ0v) is 16.1.